The number of fused-ring (bicyclic) bond motifs is 1. The van der Waals surface area contributed by atoms with Crippen molar-refractivity contribution < 1.29 is 0 Å². The Kier molecular flexibility index (Phi) is 1.40. The molecule has 3 nitrogen and oxygen atoms in total. The van der Waals surface area contributed by atoms with Crippen molar-refractivity contribution in [1.82, 2.24) is 9.55 Å². The second-order valence-corrected chi connectivity index (χ2v) is 3.80. The number of halogens is 1. The smallest absolute Gasteiger partial charge is 0.183 e. The summed E-state index contributed by atoms with van der Waals surface area (Å²) >= 11 is -0.0923. The third-order valence-corrected chi connectivity index (χ3v) is 2.79. The summed E-state index contributed by atoms with van der Waals surface area (Å²) < 4.78 is 8.43. The Hall–Kier alpha value is -0.520. The van der Waals surface area contributed by atoms with Gasteiger partial charge in [-0.2, -0.15) is 0 Å². The van der Waals surface area contributed by atoms with Gasteiger partial charge in [0.2, 0.25) is 0 Å². The minimum Gasteiger partial charge on any atom is -0.332 e. The summed E-state index contributed by atoms with van der Waals surface area (Å²) in [5.41, 5.74) is 1.13. The lowest BCUT2D eigenvalue weighted by Crippen LogP contribution is -1.87. The highest BCUT2D eigenvalue weighted by Crippen LogP contribution is 2.27. The van der Waals surface area contributed by atoms with E-state index in [-0.39, 0.29) is 21.0 Å². The molecule has 2 rings (SSSR count). The third-order valence-electron chi connectivity index (χ3n) is 1.37. The summed E-state index contributed by atoms with van der Waals surface area (Å²) in [6.45, 7) is 0. The van der Waals surface area contributed by atoms with Gasteiger partial charge in [-0.15, -0.1) is 0 Å². The Morgan fingerprint density at radius 3 is 3.30 bits per heavy atom. The van der Waals surface area contributed by atoms with E-state index in [9.17, 15) is 0 Å². The molecule has 0 saturated carbocycles. The SMILES string of the molecule is Cn1cnc2c1C=CI=N2. The zero-order chi connectivity index (χ0) is 6.97. The summed E-state index contributed by atoms with van der Waals surface area (Å²) in [5, 5.41) is 0. The molecule has 4 heteroatoms. The first kappa shape index (κ1) is 6.21. The van der Waals surface area contributed by atoms with Crippen LogP contribution in [0.3, 0.4) is 0 Å². The molecule has 1 aliphatic rings. The Labute approximate surface area is 68.9 Å². The summed E-state index contributed by atoms with van der Waals surface area (Å²) in [6, 6.07) is 0. The molecule has 0 amide bonds. The van der Waals surface area contributed by atoms with Crippen molar-refractivity contribution in [3.8, 4) is 0 Å². The summed E-state index contributed by atoms with van der Waals surface area (Å²) in [4.78, 5) is 4.13. The molecule has 0 fully saturated rings. The first-order chi connectivity index (χ1) is 4.88. The van der Waals surface area contributed by atoms with E-state index in [4.69, 9.17) is 0 Å². The van der Waals surface area contributed by atoms with Gasteiger partial charge in [-0.25, -0.2) is 8.13 Å². The largest absolute Gasteiger partial charge is 0.332 e. The number of imidazole rings is 1. The van der Waals surface area contributed by atoms with E-state index in [1.165, 1.54) is 0 Å². The van der Waals surface area contributed by atoms with Gasteiger partial charge in [-0.05, 0) is 10.2 Å². The van der Waals surface area contributed by atoms with Gasteiger partial charge in [0.25, 0.3) is 0 Å². The summed E-state index contributed by atoms with van der Waals surface area (Å²) in [6.07, 6.45) is 3.90. The summed E-state index contributed by atoms with van der Waals surface area (Å²) in [5.74, 6) is 0.915. The average Bonchev–Trinajstić information content (AvgIpc) is 2.34. The Bertz CT molecular complexity index is 311. The predicted molar refractivity (Wildman–Crippen MR) is 48.4 cm³/mol. The van der Waals surface area contributed by atoms with E-state index in [1.807, 2.05) is 11.6 Å². The molecule has 0 bridgehead atoms. The fourth-order valence-corrected chi connectivity index (χ4v) is 2.14. The lowest BCUT2D eigenvalue weighted by molar-refractivity contribution is 0.902. The van der Waals surface area contributed by atoms with Crippen LogP contribution in [0.1, 0.15) is 5.69 Å². The van der Waals surface area contributed by atoms with Crippen LogP contribution >= 0.6 is 21.0 Å². The van der Waals surface area contributed by atoms with Crippen molar-refractivity contribution in [1.29, 1.82) is 0 Å². The van der Waals surface area contributed by atoms with Crippen LogP contribution in [0.5, 0.6) is 0 Å². The molecule has 0 unspecified atom stereocenters. The monoisotopic (exact) mass is 247 g/mol. The molecule has 1 aromatic rings. The van der Waals surface area contributed by atoms with Crippen LogP contribution < -0.4 is 0 Å². The quantitative estimate of drug-likeness (QED) is 0.646. The maximum atomic E-state index is 4.31. The van der Waals surface area contributed by atoms with Gasteiger partial charge in [0.05, 0.1) is 12.0 Å². The zero-order valence-corrected chi connectivity index (χ0v) is 7.61. The molecule has 2 heterocycles. The maximum Gasteiger partial charge on any atom is 0.183 e. The molecule has 52 valence electrons. The van der Waals surface area contributed by atoms with Gasteiger partial charge < -0.3 is 4.57 Å². The number of hydrogen-bond donors (Lipinski definition) is 0. The fraction of sp³-hybridized carbons (Fsp3) is 0.167. The van der Waals surface area contributed by atoms with E-state index in [1.54, 1.807) is 6.33 Å². The van der Waals surface area contributed by atoms with E-state index >= 15 is 0 Å². The van der Waals surface area contributed by atoms with Crippen LogP contribution in [0.15, 0.2) is 13.6 Å². The van der Waals surface area contributed by atoms with E-state index < -0.39 is 0 Å². The Morgan fingerprint density at radius 2 is 2.50 bits per heavy atom. The predicted octanol–water partition coefficient (Wildman–Crippen LogP) is 2.19. The van der Waals surface area contributed by atoms with Crippen molar-refractivity contribution in [3.63, 3.8) is 0 Å². The van der Waals surface area contributed by atoms with Gasteiger partial charge in [0.15, 0.2) is 5.82 Å². The molecule has 0 aromatic carbocycles. The van der Waals surface area contributed by atoms with Crippen LogP contribution in [-0.2, 0) is 7.05 Å². The molecule has 0 radical (unpaired) electrons. The minimum absolute atomic E-state index is 0.0923. The molecular weight excluding hydrogens is 241 g/mol. The van der Waals surface area contributed by atoms with E-state index in [0.29, 0.717) is 0 Å². The van der Waals surface area contributed by atoms with Crippen LogP contribution in [-0.4, -0.2) is 9.55 Å². The molecule has 10 heavy (non-hydrogen) atoms. The van der Waals surface area contributed by atoms with Crippen molar-refractivity contribution in [2.45, 2.75) is 0 Å². The molecule has 1 aliphatic heterocycles. The molecule has 1 aromatic heterocycles. The number of aromatic nitrogens is 2. The normalized spacial score (nSPS) is 14.5. The highest BCUT2D eigenvalue weighted by Gasteiger charge is 2.05. The van der Waals surface area contributed by atoms with Crippen molar-refractivity contribution in [2.24, 2.45) is 10.2 Å². The Morgan fingerprint density at radius 1 is 1.60 bits per heavy atom. The molecule has 0 saturated heterocycles. The van der Waals surface area contributed by atoms with Crippen LogP contribution in [0.2, 0.25) is 0 Å². The van der Waals surface area contributed by atoms with Crippen molar-refractivity contribution in [2.75, 3.05) is 0 Å². The standard InChI is InChI=1S/C6H6IN3/c1-10-4-8-6-5(10)2-3-7-9-6/h2-4H,1H3. The lowest BCUT2D eigenvalue weighted by atomic mass is 10.4. The van der Waals surface area contributed by atoms with Crippen LogP contribution in [0, 0.1) is 0 Å². The number of nitrogens with zero attached hydrogens (tertiary/aromatic N) is 3. The highest BCUT2D eigenvalue weighted by molar-refractivity contribution is 14.2. The Balaban J connectivity index is 2.69. The number of aryl methyl sites for hydroxylation is 1. The van der Waals surface area contributed by atoms with E-state index in [2.05, 4.69) is 18.3 Å². The zero-order valence-electron chi connectivity index (χ0n) is 5.45. The van der Waals surface area contributed by atoms with Crippen LogP contribution in [0.4, 0.5) is 5.82 Å². The van der Waals surface area contributed by atoms with Crippen molar-refractivity contribution >= 4 is 32.9 Å². The second kappa shape index (κ2) is 2.26. The van der Waals surface area contributed by atoms with Crippen molar-refractivity contribution in [3.05, 3.63) is 16.1 Å². The molecular formula is C6H6IN3. The van der Waals surface area contributed by atoms with Gasteiger partial charge in [-0.3, -0.25) is 0 Å². The molecule has 0 spiro atoms. The minimum atomic E-state index is -0.0923. The van der Waals surface area contributed by atoms with Gasteiger partial charge in [0.1, 0.15) is 0 Å². The maximum absolute atomic E-state index is 4.31. The molecule has 0 aliphatic carbocycles. The first-order valence-corrected chi connectivity index (χ1v) is 5.10. The highest BCUT2D eigenvalue weighted by atomic mass is 127. The van der Waals surface area contributed by atoms with Gasteiger partial charge in [-0.1, -0.05) is 0 Å². The molecule has 0 N–H and O–H groups in total. The fourth-order valence-electron chi connectivity index (χ4n) is 0.847. The van der Waals surface area contributed by atoms with E-state index in [0.717, 1.165) is 11.5 Å². The first-order valence-electron chi connectivity index (χ1n) is 2.89. The van der Waals surface area contributed by atoms with Crippen LogP contribution in [0.25, 0.3) is 6.08 Å². The average molecular weight is 247 g/mol. The van der Waals surface area contributed by atoms with Gasteiger partial charge in [0, 0.05) is 28.1 Å². The summed E-state index contributed by atoms with van der Waals surface area (Å²) in [7, 11) is 1.98. The van der Waals surface area contributed by atoms with Gasteiger partial charge >= 0.3 is 0 Å². The third kappa shape index (κ3) is 0.828. The second-order valence-electron chi connectivity index (χ2n) is 2.04. The number of rotatable bonds is 0. The number of hydrogen-bond acceptors (Lipinski definition) is 2. The topological polar surface area (TPSA) is 30.2 Å². The molecule has 0 atom stereocenters. The lowest BCUT2D eigenvalue weighted by Gasteiger charge is -1.97.